The molecule has 1 amide bonds. The number of nitrogens with zero attached hydrogens (tertiary/aromatic N) is 3. The Morgan fingerprint density at radius 2 is 2.32 bits per heavy atom. The Morgan fingerprint density at radius 3 is 2.95 bits per heavy atom. The summed E-state index contributed by atoms with van der Waals surface area (Å²) in [4.78, 5) is 15.3. The van der Waals surface area contributed by atoms with Crippen molar-refractivity contribution in [2.75, 3.05) is 0 Å². The van der Waals surface area contributed by atoms with Crippen LogP contribution in [0.15, 0.2) is 36.9 Å². The van der Waals surface area contributed by atoms with E-state index in [0.29, 0.717) is 6.54 Å². The van der Waals surface area contributed by atoms with Gasteiger partial charge in [0, 0.05) is 6.54 Å². The molecule has 0 fully saturated rings. The SMILES string of the molecule is C[C@H](N)C(=O)NCc1cccc(-n2cncn2)c1.Cl. The summed E-state index contributed by atoms with van der Waals surface area (Å²) in [7, 11) is 0. The molecule has 1 heterocycles. The normalized spacial score (nSPS) is 11.5. The van der Waals surface area contributed by atoms with Crippen LogP contribution in [0.3, 0.4) is 0 Å². The van der Waals surface area contributed by atoms with Crippen molar-refractivity contribution in [3.63, 3.8) is 0 Å². The number of nitrogens with two attached hydrogens (primary N) is 1. The molecule has 0 radical (unpaired) electrons. The largest absolute Gasteiger partial charge is 0.351 e. The summed E-state index contributed by atoms with van der Waals surface area (Å²) in [6.45, 7) is 2.10. The zero-order valence-corrected chi connectivity index (χ0v) is 11.3. The fourth-order valence-corrected chi connectivity index (χ4v) is 1.50. The van der Waals surface area contributed by atoms with E-state index < -0.39 is 6.04 Å². The molecular weight excluding hydrogens is 266 g/mol. The van der Waals surface area contributed by atoms with Crippen LogP contribution in [0.25, 0.3) is 5.69 Å². The quantitative estimate of drug-likeness (QED) is 0.862. The first-order valence-corrected chi connectivity index (χ1v) is 5.64. The molecule has 0 aliphatic rings. The summed E-state index contributed by atoms with van der Waals surface area (Å²) in [5.74, 6) is -0.166. The predicted molar refractivity (Wildman–Crippen MR) is 74.1 cm³/mol. The topological polar surface area (TPSA) is 85.8 Å². The molecule has 0 aliphatic heterocycles. The summed E-state index contributed by atoms with van der Waals surface area (Å²) < 4.78 is 1.66. The van der Waals surface area contributed by atoms with Gasteiger partial charge in [0.05, 0.1) is 11.7 Å². The van der Waals surface area contributed by atoms with Crippen molar-refractivity contribution in [2.45, 2.75) is 19.5 Å². The number of aromatic nitrogens is 3. The van der Waals surface area contributed by atoms with Crippen molar-refractivity contribution >= 4 is 18.3 Å². The Hall–Kier alpha value is -1.92. The number of halogens is 1. The van der Waals surface area contributed by atoms with Crippen LogP contribution in [0.4, 0.5) is 0 Å². The number of hydrogen-bond donors (Lipinski definition) is 2. The van der Waals surface area contributed by atoms with Gasteiger partial charge < -0.3 is 11.1 Å². The number of carbonyl (C=O) groups is 1. The highest BCUT2D eigenvalue weighted by Gasteiger charge is 2.06. The molecule has 0 saturated heterocycles. The van der Waals surface area contributed by atoms with Gasteiger partial charge in [-0.2, -0.15) is 5.10 Å². The summed E-state index contributed by atoms with van der Waals surface area (Å²) in [5.41, 5.74) is 7.36. The van der Waals surface area contributed by atoms with Gasteiger partial charge in [0.2, 0.25) is 5.91 Å². The lowest BCUT2D eigenvalue weighted by Gasteiger charge is -2.08. The molecule has 0 saturated carbocycles. The summed E-state index contributed by atoms with van der Waals surface area (Å²) >= 11 is 0. The number of hydrogen-bond acceptors (Lipinski definition) is 4. The van der Waals surface area contributed by atoms with Gasteiger partial charge in [-0.3, -0.25) is 4.79 Å². The van der Waals surface area contributed by atoms with Gasteiger partial charge in [0.25, 0.3) is 0 Å². The molecule has 1 aromatic heterocycles. The van der Waals surface area contributed by atoms with Crippen LogP contribution < -0.4 is 11.1 Å². The fraction of sp³-hybridized carbons (Fsp3) is 0.250. The average molecular weight is 282 g/mol. The maximum atomic E-state index is 11.4. The van der Waals surface area contributed by atoms with Gasteiger partial charge in [-0.05, 0) is 24.6 Å². The molecule has 102 valence electrons. The molecule has 19 heavy (non-hydrogen) atoms. The number of rotatable bonds is 4. The van der Waals surface area contributed by atoms with E-state index in [2.05, 4.69) is 15.4 Å². The zero-order valence-electron chi connectivity index (χ0n) is 10.5. The zero-order chi connectivity index (χ0) is 13.0. The molecule has 7 heteroatoms. The molecule has 0 aliphatic carbocycles. The second-order valence-corrected chi connectivity index (χ2v) is 4.02. The van der Waals surface area contributed by atoms with E-state index in [4.69, 9.17) is 5.73 Å². The number of amides is 1. The smallest absolute Gasteiger partial charge is 0.236 e. The summed E-state index contributed by atoms with van der Waals surface area (Å²) in [5, 5.41) is 6.81. The van der Waals surface area contributed by atoms with Gasteiger partial charge in [0.15, 0.2) is 0 Å². The van der Waals surface area contributed by atoms with Crippen LogP contribution in [0, 0.1) is 0 Å². The Labute approximate surface area is 117 Å². The fourth-order valence-electron chi connectivity index (χ4n) is 1.50. The van der Waals surface area contributed by atoms with Gasteiger partial charge in [-0.25, -0.2) is 9.67 Å². The van der Waals surface area contributed by atoms with Crippen LogP contribution >= 0.6 is 12.4 Å². The number of carbonyl (C=O) groups excluding carboxylic acids is 1. The van der Waals surface area contributed by atoms with Crippen molar-refractivity contribution in [3.8, 4) is 5.69 Å². The number of nitrogens with one attached hydrogen (secondary N) is 1. The standard InChI is InChI=1S/C12H15N5O.ClH/c1-9(13)12(18)15-6-10-3-2-4-11(5-10)17-8-14-7-16-17;/h2-5,7-9H,6,13H2,1H3,(H,15,18);1H/t9-;/m0./s1. The van der Waals surface area contributed by atoms with Crippen LogP contribution in [0.2, 0.25) is 0 Å². The lowest BCUT2D eigenvalue weighted by atomic mass is 10.2. The van der Waals surface area contributed by atoms with Crippen LogP contribution in [0.5, 0.6) is 0 Å². The molecule has 0 bridgehead atoms. The third kappa shape index (κ3) is 4.04. The predicted octanol–water partition coefficient (Wildman–Crippen LogP) is 0.652. The van der Waals surface area contributed by atoms with Crippen molar-refractivity contribution in [3.05, 3.63) is 42.5 Å². The van der Waals surface area contributed by atoms with Gasteiger partial charge >= 0.3 is 0 Å². The molecule has 1 atom stereocenters. The molecule has 6 nitrogen and oxygen atoms in total. The van der Waals surface area contributed by atoms with E-state index in [1.807, 2.05) is 24.3 Å². The highest BCUT2D eigenvalue weighted by molar-refractivity contribution is 5.85. The van der Waals surface area contributed by atoms with Crippen molar-refractivity contribution in [2.24, 2.45) is 5.73 Å². The molecule has 3 N–H and O–H groups in total. The van der Waals surface area contributed by atoms with Crippen molar-refractivity contribution in [1.82, 2.24) is 20.1 Å². The van der Waals surface area contributed by atoms with Gasteiger partial charge in [0.1, 0.15) is 12.7 Å². The average Bonchev–Trinajstić information content (AvgIpc) is 2.90. The highest BCUT2D eigenvalue weighted by atomic mass is 35.5. The van der Waals surface area contributed by atoms with Crippen LogP contribution in [-0.2, 0) is 11.3 Å². The minimum atomic E-state index is -0.497. The van der Waals surface area contributed by atoms with Gasteiger partial charge in [-0.15, -0.1) is 12.4 Å². The third-order valence-corrected chi connectivity index (χ3v) is 2.47. The summed E-state index contributed by atoms with van der Waals surface area (Å²) in [6, 6.07) is 7.21. The monoisotopic (exact) mass is 281 g/mol. The second kappa shape index (κ2) is 6.86. The lowest BCUT2D eigenvalue weighted by Crippen LogP contribution is -2.37. The first-order valence-electron chi connectivity index (χ1n) is 5.64. The third-order valence-electron chi connectivity index (χ3n) is 2.47. The molecule has 0 spiro atoms. The van der Waals surface area contributed by atoms with Gasteiger partial charge in [-0.1, -0.05) is 12.1 Å². The van der Waals surface area contributed by atoms with E-state index in [-0.39, 0.29) is 18.3 Å². The molecule has 1 aromatic carbocycles. The molecular formula is C12H16ClN5O. The lowest BCUT2D eigenvalue weighted by molar-refractivity contribution is -0.122. The molecule has 0 unspecified atom stereocenters. The Morgan fingerprint density at radius 1 is 1.53 bits per heavy atom. The Balaban J connectivity index is 0.00000180. The second-order valence-electron chi connectivity index (χ2n) is 4.02. The Kier molecular flexibility index (Phi) is 5.47. The van der Waals surface area contributed by atoms with E-state index in [1.54, 1.807) is 17.9 Å². The number of benzene rings is 1. The van der Waals surface area contributed by atoms with Crippen LogP contribution in [-0.4, -0.2) is 26.7 Å². The summed E-state index contributed by atoms with van der Waals surface area (Å²) in [6.07, 6.45) is 3.10. The minimum Gasteiger partial charge on any atom is -0.351 e. The molecule has 2 rings (SSSR count). The minimum absolute atomic E-state index is 0. The maximum Gasteiger partial charge on any atom is 0.236 e. The first-order chi connectivity index (χ1) is 8.66. The van der Waals surface area contributed by atoms with E-state index in [1.165, 1.54) is 6.33 Å². The first kappa shape index (κ1) is 15.1. The van der Waals surface area contributed by atoms with E-state index in [0.717, 1.165) is 11.3 Å². The van der Waals surface area contributed by atoms with E-state index >= 15 is 0 Å². The van der Waals surface area contributed by atoms with Crippen molar-refractivity contribution < 1.29 is 4.79 Å². The van der Waals surface area contributed by atoms with E-state index in [9.17, 15) is 4.79 Å². The molecule has 2 aromatic rings. The Bertz CT molecular complexity index is 527. The maximum absolute atomic E-state index is 11.4. The highest BCUT2D eigenvalue weighted by Crippen LogP contribution is 2.08. The van der Waals surface area contributed by atoms with Crippen LogP contribution in [0.1, 0.15) is 12.5 Å². The van der Waals surface area contributed by atoms with Crippen molar-refractivity contribution in [1.29, 1.82) is 0 Å².